The molecule has 0 bridgehead atoms. The highest BCUT2D eigenvalue weighted by Gasteiger charge is 2.19. The second-order valence-electron chi connectivity index (χ2n) is 7.44. The maximum atomic E-state index is 13.6. The molecule has 0 spiro atoms. The van der Waals surface area contributed by atoms with Crippen molar-refractivity contribution in [2.45, 2.75) is 6.54 Å². The number of rotatable bonds is 6. The van der Waals surface area contributed by atoms with Gasteiger partial charge < -0.3 is 15.8 Å². The zero-order valence-corrected chi connectivity index (χ0v) is 17.9. The normalized spacial score (nSPS) is 11.0. The van der Waals surface area contributed by atoms with Crippen molar-refractivity contribution in [2.24, 2.45) is 0 Å². The molecule has 5 rings (SSSR count). The van der Waals surface area contributed by atoms with Crippen LogP contribution >= 0.6 is 0 Å². The summed E-state index contributed by atoms with van der Waals surface area (Å²) in [5.41, 5.74) is 10.1. The summed E-state index contributed by atoms with van der Waals surface area (Å²) in [4.78, 5) is 9.31. The summed E-state index contributed by atoms with van der Waals surface area (Å²) < 4.78 is 20.4. The third-order valence-electron chi connectivity index (χ3n) is 5.30. The van der Waals surface area contributed by atoms with Crippen molar-refractivity contribution in [2.75, 3.05) is 18.2 Å². The number of halogens is 1. The highest BCUT2D eigenvalue weighted by Crippen LogP contribution is 2.33. The van der Waals surface area contributed by atoms with Crippen molar-refractivity contribution >= 4 is 22.8 Å². The van der Waals surface area contributed by atoms with E-state index in [1.165, 1.54) is 12.1 Å². The predicted molar refractivity (Wildman–Crippen MR) is 127 cm³/mol. The van der Waals surface area contributed by atoms with Crippen LogP contribution in [0, 0.1) is 5.82 Å². The lowest BCUT2D eigenvalue weighted by molar-refractivity contribution is 0.414. The Hall–Kier alpha value is -4.46. The lowest BCUT2D eigenvalue weighted by Crippen LogP contribution is -2.05. The van der Waals surface area contributed by atoms with Gasteiger partial charge in [-0.15, -0.1) is 5.10 Å². The third kappa shape index (κ3) is 4.06. The molecule has 164 valence electrons. The van der Waals surface area contributed by atoms with E-state index in [0.29, 0.717) is 40.6 Å². The molecule has 8 heteroatoms. The van der Waals surface area contributed by atoms with E-state index in [1.807, 2.05) is 54.6 Å². The minimum atomic E-state index is -0.326. The molecule has 33 heavy (non-hydrogen) atoms. The smallest absolute Gasteiger partial charge is 0.225 e. The summed E-state index contributed by atoms with van der Waals surface area (Å²) in [5, 5.41) is 8.50. The monoisotopic (exact) mass is 440 g/mol. The second-order valence-corrected chi connectivity index (χ2v) is 7.44. The van der Waals surface area contributed by atoms with Crippen LogP contribution in [0.5, 0.6) is 5.75 Å². The number of hydrogen-bond acceptors (Lipinski definition) is 6. The second kappa shape index (κ2) is 8.58. The van der Waals surface area contributed by atoms with Gasteiger partial charge in [0.15, 0.2) is 5.65 Å². The Kier molecular flexibility index (Phi) is 5.32. The lowest BCUT2D eigenvalue weighted by atomic mass is 10.1. The van der Waals surface area contributed by atoms with Crippen LogP contribution in [0.25, 0.3) is 28.0 Å². The van der Waals surface area contributed by atoms with E-state index in [4.69, 9.17) is 15.5 Å². The number of fused-ring (bicyclic) bond motifs is 1. The molecule has 3 aromatic carbocycles. The van der Waals surface area contributed by atoms with Gasteiger partial charge in [-0.2, -0.15) is 4.98 Å². The molecule has 0 atom stereocenters. The fourth-order valence-corrected chi connectivity index (χ4v) is 3.60. The van der Waals surface area contributed by atoms with Crippen molar-refractivity contribution < 1.29 is 9.13 Å². The molecular formula is C25H21FN6O. The fourth-order valence-electron chi connectivity index (χ4n) is 3.60. The summed E-state index contributed by atoms with van der Waals surface area (Å²) >= 11 is 0. The zero-order chi connectivity index (χ0) is 22.8. The average molecular weight is 440 g/mol. The van der Waals surface area contributed by atoms with Gasteiger partial charge in [-0.3, -0.25) is 0 Å². The van der Waals surface area contributed by atoms with E-state index in [0.717, 1.165) is 17.0 Å². The molecule has 0 unspecified atom stereocenters. The van der Waals surface area contributed by atoms with E-state index in [9.17, 15) is 4.39 Å². The van der Waals surface area contributed by atoms with Gasteiger partial charge in [0.05, 0.1) is 23.9 Å². The van der Waals surface area contributed by atoms with Gasteiger partial charge >= 0.3 is 0 Å². The first-order chi connectivity index (χ1) is 16.1. The number of methoxy groups -OCH3 is 1. The first-order valence-corrected chi connectivity index (χ1v) is 10.4. The molecule has 3 N–H and O–H groups in total. The van der Waals surface area contributed by atoms with Gasteiger partial charge in [-0.05, 0) is 54.1 Å². The Morgan fingerprint density at radius 1 is 0.939 bits per heavy atom. The number of nitrogens with one attached hydrogen (secondary N) is 1. The van der Waals surface area contributed by atoms with Crippen LogP contribution < -0.4 is 15.8 Å². The molecule has 2 heterocycles. The van der Waals surface area contributed by atoms with E-state index in [-0.39, 0.29) is 5.82 Å². The van der Waals surface area contributed by atoms with Gasteiger partial charge in [-0.25, -0.2) is 14.1 Å². The van der Waals surface area contributed by atoms with Gasteiger partial charge in [0, 0.05) is 12.1 Å². The van der Waals surface area contributed by atoms with Gasteiger partial charge in [0.1, 0.15) is 17.4 Å². The molecule has 0 amide bonds. The molecule has 2 aromatic heterocycles. The van der Waals surface area contributed by atoms with Crippen LogP contribution in [-0.4, -0.2) is 26.9 Å². The fraction of sp³-hybridized carbons (Fsp3) is 0.0800. The molecule has 0 aliphatic heterocycles. The van der Waals surface area contributed by atoms with Gasteiger partial charge in [0.25, 0.3) is 0 Å². The van der Waals surface area contributed by atoms with Gasteiger partial charge in [-0.1, -0.05) is 30.3 Å². The molecule has 0 saturated carbocycles. The lowest BCUT2D eigenvalue weighted by Gasteiger charge is -2.09. The molecule has 7 nitrogen and oxygen atoms in total. The number of benzene rings is 3. The van der Waals surface area contributed by atoms with Crippen molar-refractivity contribution in [3.8, 4) is 22.7 Å². The predicted octanol–water partition coefficient (Wildman–Crippen LogP) is 4.82. The molecule has 0 aliphatic rings. The molecule has 0 aliphatic carbocycles. The van der Waals surface area contributed by atoms with E-state index in [1.54, 1.807) is 23.9 Å². The van der Waals surface area contributed by atoms with Crippen LogP contribution in [0.3, 0.4) is 0 Å². The van der Waals surface area contributed by atoms with Crippen LogP contribution in [0.15, 0.2) is 78.9 Å². The number of anilines is 2. The van der Waals surface area contributed by atoms with E-state index >= 15 is 0 Å². The Balaban J connectivity index is 1.63. The summed E-state index contributed by atoms with van der Waals surface area (Å²) in [5.74, 6) is 1.20. The topological polar surface area (TPSA) is 90.9 Å². The molecule has 0 saturated heterocycles. The van der Waals surface area contributed by atoms with Crippen molar-refractivity contribution in [3.05, 3.63) is 90.2 Å². The first-order valence-electron chi connectivity index (χ1n) is 10.4. The standard InChI is InChI=1S/C25H21FN6O/c1-33-20-13-11-19(12-14-20)32-23(27)21-22(17-7-9-18(26)10-8-17)29-25(30-24(21)31-32)28-15-16-5-3-2-4-6-16/h2-14H,15,27H2,1H3,(H,28,30,31). The first kappa shape index (κ1) is 20.4. The maximum Gasteiger partial charge on any atom is 0.225 e. The maximum absolute atomic E-state index is 13.6. The summed E-state index contributed by atoms with van der Waals surface area (Å²) in [6, 6.07) is 23.5. The average Bonchev–Trinajstić information content (AvgIpc) is 3.19. The quantitative estimate of drug-likeness (QED) is 0.393. The molecule has 0 radical (unpaired) electrons. The Bertz CT molecular complexity index is 1400. The highest BCUT2D eigenvalue weighted by atomic mass is 19.1. The van der Waals surface area contributed by atoms with Crippen molar-refractivity contribution in [1.82, 2.24) is 19.7 Å². The van der Waals surface area contributed by atoms with Crippen LogP contribution in [-0.2, 0) is 6.54 Å². The van der Waals surface area contributed by atoms with Crippen LogP contribution in [0.4, 0.5) is 16.2 Å². The van der Waals surface area contributed by atoms with E-state index < -0.39 is 0 Å². The Morgan fingerprint density at radius 2 is 1.67 bits per heavy atom. The minimum Gasteiger partial charge on any atom is -0.497 e. The largest absolute Gasteiger partial charge is 0.497 e. The minimum absolute atomic E-state index is 0.326. The van der Waals surface area contributed by atoms with Crippen LogP contribution in [0.2, 0.25) is 0 Å². The summed E-state index contributed by atoms with van der Waals surface area (Å²) in [6.45, 7) is 0.546. The number of hydrogen-bond donors (Lipinski definition) is 2. The zero-order valence-electron chi connectivity index (χ0n) is 17.9. The molecule has 5 aromatic rings. The molecule has 0 fully saturated rings. The van der Waals surface area contributed by atoms with Crippen molar-refractivity contribution in [3.63, 3.8) is 0 Å². The van der Waals surface area contributed by atoms with Crippen LogP contribution in [0.1, 0.15) is 5.56 Å². The van der Waals surface area contributed by atoms with Gasteiger partial charge in [0.2, 0.25) is 5.95 Å². The van der Waals surface area contributed by atoms with E-state index in [2.05, 4.69) is 15.4 Å². The number of ether oxygens (including phenoxy) is 1. The molecular weight excluding hydrogens is 419 g/mol. The number of nitrogens with two attached hydrogens (primary N) is 1. The van der Waals surface area contributed by atoms with Crippen molar-refractivity contribution in [1.29, 1.82) is 0 Å². The number of aromatic nitrogens is 4. The SMILES string of the molecule is COc1ccc(-n2nc3nc(NCc4ccccc4)nc(-c4ccc(F)cc4)c3c2N)cc1. The summed E-state index contributed by atoms with van der Waals surface area (Å²) in [7, 11) is 1.61. The Labute approximate surface area is 189 Å². The Morgan fingerprint density at radius 3 is 2.36 bits per heavy atom. The highest BCUT2D eigenvalue weighted by molar-refractivity contribution is 5.99. The number of nitrogen functional groups attached to an aromatic ring is 1. The number of nitrogens with zero attached hydrogens (tertiary/aromatic N) is 4. The third-order valence-corrected chi connectivity index (χ3v) is 5.30. The summed E-state index contributed by atoms with van der Waals surface area (Å²) in [6.07, 6.45) is 0.